The fraction of sp³-hybridized carbons (Fsp3) is 1.00. The van der Waals surface area contributed by atoms with Gasteiger partial charge < -0.3 is 4.74 Å². The zero-order valence-electron chi connectivity index (χ0n) is 8.46. The van der Waals surface area contributed by atoms with Gasteiger partial charge in [0.25, 0.3) is 0 Å². The Kier molecular flexibility index (Phi) is 6.21. The van der Waals surface area contributed by atoms with Crippen LogP contribution < -0.4 is 0 Å². The lowest BCUT2D eigenvalue weighted by Gasteiger charge is -2.21. The summed E-state index contributed by atoms with van der Waals surface area (Å²) in [6, 6.07) is 0. The fourth-order valence-corrected chi connectivity index (χ4v) is 1.86. The highest BCUT2D eigenvalue weighted by atomic mass is 16.5. The molecule has 1 radical (unpaired) electrons. The average Bonchev–Trinajstić information content (AvgIpc) is 2.19. The summed E-state index contributed by atoms with van der Waals surface area (Å²) in [7, 11) is 0. The molecule has 0 aromatic carbocycles. The average molecular weight is 185 g/mol. The molecule has 1 rings (SSSR count). The van der Waals surface area contributed by atoms with Crippen LogP contribution in [0.1, 0.15) is 51.4 Å². The Balaban J connectivity index is 1.86. The van der Waals surface area contributed by atoms with Gasteiger partial charge in [-0.15, -0.1) is 0 Å². The molecule has 77 valence electrons. The first-order chi connectivity index (χ1) is 6.43. The van der Waals surface area contributed by atoms with Gasteiger partial charge in [-0.1, -0.05) is 19.3 Å². The summed E-state index contributed by atoms with van der Waals surface area (Å²) in [4.78, 5) is 0. The van der Waals surface area contributed by atoms with Gasteiger partial charge in [0.1, 0.15) is 0 Å². The van der Waals surface area contributed by atoms with Gasteiger partial charge in [0.05, 0.1) is 12.7 Å². The predicted octanol–water partition coefficient (Wildman–Crippen LogP) is 2.94. The predicted molar refractivity (Wildman–Crippen MR) is 52.2 cm³/mol. The van der Waals surface area contributed by atoms with E-state index < -0.39 is 0 Å². The van der Waals surface area contributed by atoms with E-state index in [9.17, 15) is 5.11 Å². The molecule has 0 bridgehead atoms. The molecule has 0 aliphatic heterocycles. The van der Waals surface area contributed by atoms with Gasteiger partial charge >= 0.3 is 0 Å². The Morgan fingerprint density at radius 1 is 1.00 bits per heavy atom. The number of rotatable bonds is 6. The Morgan fingerprint density at radius 3 is 2.46 bits per heavy atom. The summed E-state index contributed by atoms with van der Waals surface area (Å²) < 4.78 is 5.73. The molecule has 0 spiro atoms. The van der Waals surface area contributed by atoms with E-state index in [0.717, 1.165) is 25.9 Å². The monoisotopic (exact) mass is 185 g/mol. The molecule has 1 aliphatic rings. The minimum Gasteiger partial charge on any atom is -0.378 e. The third kappa shape index (κ3) is 5.27. The van der Waals surface area contributed by atoms with Gasteiger partial charge in [-0.05, 0) is 32.1 Å². The van der Waals surface area contributed by atoms with Crippen LogP contribution in [0.15, 0.2) is 0 Å². The number of hydrogen-bond donors (Lipinski definition) is 0. The van der Waals surface area contributed by atoms with E-state index in [1.165, 1.54) is 32.1 Å². The van der Waals surface area contributed by atoms with Crippen molar-refractivity contribution in [2.45, 2.75) is 57.5 Å². The first-order valence-corrected chi connectivity index (χ1v) is 5.63. The molecule has 1 aliphatic carbocycles. The Hall–Kier alpha value is -0.0800. The molecule has 0 N–H and O–H groups in total. The zero-order valence-corrected chi connectivity index (χ0v) is 8.46. The lowest BCUT2D eigenvalue weighted by molar-refractivity contribution is 0.0256. The molecule has 0 aromatic rings. The van der Waals surface area contributed by atoms with E-state index >= 15 is 0 Å². The van der Waals surface area contributed by atoms with E-state index in [1.54, 1.807) is 0 Å². The van der Waals surface area contributed by atoms with Crippen molar-refractivity contribution >= 4 is 0 Å². The fourth-order valence-electron chi connectivity index (χ4n) is 1.86. The van der Waals surface area contributed by atoms with Crippen LogP contribution in [0.3, 0.4) is 0 Å². The lowest BCUT2D eigenvalue weighted by atomic mass is 9.98. The first kappa shape index (κ1) is 11.0. The molecule has 2 nitrogen and oxygen atoms in total. The van der Waals surface area contributed by atoms with Crippen LogP contribution in [0.2, 0.25) is 0 Å². The van der Waals surface area contributed by atoms with Crippen molar-refractivity contribution in [3.05, 3.63) is 0 Å². The molecular formula is C11H21O2. The SMILES string of the molecule is [O]CCCCCOC1CCCCC1. The molecule has 0 atom stereocenters. The van der Waals surface area contributed by atoms with Gasteiger partial charge in [0, 0.05) is 6.61 Å². The van der Waals surface area contributed by atoms with Crippen molar-refractivity contribution in [3.8, 4) is 0 Å². The van der Waals surface area contributed by atoms with Crippen LogP contribution in [0.25, 0.3) is 0 Å². The van der Waals surface area contributed by atoms with E-state index in [0.29, 0.717) is 6.10 Å². The zero-order chi connectivity index (χ0) is 9.36. The minimum absolute atomic E-state index is 0.0728. The van der Waals surface area contributed by atoms with E-state index in [1.807, 2.05) is 0 Å². The second-order valence-corrected chi connectivity index (χ2v) is 3.90. The Bertz CT molecular complexity index is 109. The molecule has 0 saturated heterocycles. The highest BCUT2D eigenvalue weighted by Gasteiger charge is 2.12. The summed E-state index contributed by atoms with van der Waals surface area (Å²) in [5.41, 5.74) is 0. The Morgan fingerprint density at radius 2 is 1.77 bits per heavy atom. The lowest BCUT2D eigenvalue weighted by Crippen LogP contribution is -2.17. The van der Waals surface area contributed by atoms with E-state index in [4.69, 9.17) is 4.74 Å². The highest BCUT2D eigenvalue weighted by Crippen LogP contribution is 2.20. The third-order valence-corrected chi connectivity index (χ3v) is 2.69. The molecule has 13 heavy (non-hydrogen) atoms. The van der Waals surface area contributed by atoms with Gasteiger partial charge in [-0.3, -0.25) is 0 Å². The van der Waals surface area contributed by atoms with Crippen LogP contribution >= 0.6 is 0 Å². The second kappa shape index (κ2) is 7.34. The van der Waals surface area contributed by atoms with Crippen molar-refractivity contribution < 1.29 is 9.84 Å². The highest BCUT2D eigenvalue weighted by molar-refractivity contribution is 4.64. The van der Waals surface area contributed by atoms with Crippen molar-refractivity contribution in [2.75, 3.05) is 13.2 Å². The van der Waals surface area contributed by atoms with Gasteiger partial charge in [-0.2, -0.15) is 0 Å². The van der Waals surface area contributed by atoms with Crippen LogP contribution in [-0.2, 0) is 9.84 Å². The van der Waals surface area contributed by atoms with Crippen molar-refractivity contribution in [1.29, 1.82) is 0 Å². The number of hydrogen-bond acceptors (Lipinski definition) is 1. The maximum absolute atomic E-state index is 10.2. The summed E-state index contributed by atoms with van der Waals surface area (Å²) in [6.45, 7) is 0.939. The van der Waals surface area contributed by atoms with Crippen LogP contribution in [0.4, 0.5) is 0 Å². The number of ether oxygens (including phenoxy) is 1. The topological polar surface area (TPSA) is 29.1 Å². The standard InChI is InChI=1S/C11H21O2/c12-9-5-2-6-10-13-11-7-3-1-4-8-11/h11H,1-10H2. The largest absolute Gasteiger partial charge is 0.378 e. The summed E-state index contributed by atoms with van der Waals surface area (Å²) in [5, 5.41) is 10.2. The quantitative estimate of drug-likeness (QED) is 0.585. The summed E-state index contributed by atoms with van der Waals surface area (Å²) in [6.07, 6.45) is 10.0. The first-order valence-electron chi connectivity index (χ1n) is 5.63. The van der Waals surface area contributed by atoms with Gasteiger partial charge in [0.15, 0.2) is 0 Å². The smallest absolute Gasteiger partial charge is 0.0822 e. The van der Waals surface area contributed by atoms with Crippen molar-refractivity contribution in [3.63, 3.8) is 0 Å². The molecular weight excluding hydrogens is 164 g/mol. The summed E-state index contributed by atoms with van der Waals surface area (Å²) in [5.74, 6) is 0. The normalized spacial score (nSPS) is 19.2. The summed E-state index contributed by atoms with van der Waals surface area (Å²) >= 11 is 0. The molecule has 0 amide bonds. The van der Waals surface area contributed by atoms with E-state index in [2.05, 4.69) is 0 Å². The molecule has 1 fully saturated rings. The second-order valence-electron chi connectivity index (χ2n) is 3.90. The molecule has 0 aromatic heterocycles. The molecule has 0 unspecified atom stereocenters. The van der Waals surface area contributed by atoms with Crippen LogP contribution in [-0.4, -0.2) is 19.3 Å². The van der Waals surface area contributed by atoms with Crippen LogP contribution in [0.5, 0.6) is 0 Å². The Labute approximate surface area is 81.3 Å². The van der Waals surface area contributed by atoms with Crippen molar-refractivity contribution in [1.82, 2.24) is 0 Å². The van der Waals surface area contributed by atoms with Gasteiger partial charge in [0.2, 0.25) is 0 Å². The maximum atomic E-state index is 10.2. The minimum atomic E-state index is 0.0728. The molecule has 1 saturated carbocycles. The third-order valence-electron chi connectivity index (χ3n) is 2.69. The molecule has 0 heterocycles. The van der Waals surface area contributed by atoms with Gasteiger partial charge in [-0.25, -0.2) is 5.11 Å². The van der Waals surface area contributed by atoms with Crippen LogP contribution in [0, 0.1) is 0 Å². The van der Waals surface area contributed by atoms with E-state index in [-0.39, 0.29) is 6.61 Å². The van der Waals surface area contributed by atoms with Crippen molar-refractivity contribution in [2.24, 2.45) is 0 Å². The number of unbranched alkanes of at least 4 members (excludes halogenated alkanes) is 2. The molecule has 2 heteroatoms. The maximum Gasteiger partial charge on any atom is 0.0822 e.